The average molecular weight is 354 g/mol. The van der Waals surface area contributed by atoms with Crippen molar-refractivity contribution in [2.24, 2.45) is 5.92 Å². The van der Waals surface area contributed by atoms with Crippen molar-refractivity contribution >= 4 is 11.6 Å². The van der Waals surface area contributed by atoms with E-state index in [2.05, 4.69) is 19.2 Å². The fourth-order valence-corrected chi connectivity index (χ4v) is 3.14. The zero-order valence-corrected chi connectivity index (χ0v) is 15.3. The van der Waals surface area contributed by atoms with Gasteiger partial charge in [-0.2, -0.15) is 0 Å². The minimum atomic E-state index is -0.0774. The van der Waals surface area contributed by atoms with Crippen LogP contribution in [0.25, 0.3) is 0 Å². The number of hydrogen-bond acceptors (Lipinski definition) is 4. The van der Waals surface area contributed by atoms with Crippen LogP contribution >= 0.6 is 0 Å². The van der Waals surface area contributed by atoms with Crippen LogP contribution in [0.1, 0.15) is 37.4 Å². The number of fused-ring (bicyclic) bond motifs is 1. The Hall–Kier alpha value is -2.69. The molecule has 26 heavy (non-hydrogen) atoms. The molecule has 0 bridgehead atoms. The summed E-state index contributed by atoms with van der Waals surface area (Å²) in [6.07, 6.45) is 1.03. The van der Waals surface area contributed by atoms with Gasteiger partial charge in [0, 0.05) is 12.1 Å². The summed E-state index contributed by atoms with van der Waals surface area (Å²) in [6, 6.07) is 13.5. The molecule has 0 radical (unpaired) electrons. The van der Waals surface area contributed by atoms with Crippen LogP contribution in [0, 0.1) is 5.92 Å². The molecule has 138 valence electrons. The molecule has 0 saturated heterocycles. The van der Waals surface area contributed by atoms with Gasteiger partial charge in [-0.15, -0.1) is 0 Å². The first-order chi connectivity index (χ1) is 12.5. The highest BCUT2D eigenvalue weighted by molar-refractivity contribution is 5.77. The van der Waals surface area contributed by atoms with Crippen molar-refractivity contribution in [1.82, 2.24) is 5.32 Å². The predicted octanol–water partition coefficient (Wildman–Crippen LogP) is 3.49. The van der Waals surface area contributed by atoms with Crippen molar-refractivity contribution < 1.29 is 14.3 Å². The van der Waals surface area contributed by atoms with Crippen LogP contribution in [0.2, 0.25) is 0 Å². The lowest BCUT2D eigenvalue weighted by molar-refractivity contribution is -0.122. The SMILES string of the molecule is CC(C)C(NC(=O)CCc1ccccc1N)c1ccc2c(c1)OCCO2. The normalized spacial score (nSPS) is 14.1. The molecule has 0 fully saturated rings. The lowest BCUT2D eigenvalue weighted by atomic mass is 9.95. The van der Waals surface area contributed by atoms with E-state index < -0.39 is 0 Å². The van der Waals surface area contributed by atoms with Gasteiger partial charge >= 0.3 is 0 Å². The Labute approximate surface area is 154 Å². The van der Waals surface area contributed by atoms with Gasteiger partial charge < -0.3 is 20.5 Å². The van der Waals surface area contributed by atoms with E-state index in [1.54, 1.807) is 0 Å². The third-order valence-electron chi connectivity index (χ3n) is 4.58. The molecule has 0 saturated carbocycles. The molecule has 0 aromatic heterocycles. The third-order valence-corrected chi connectivity index (χ3v) is 4.58. The molecule has 2 aromatic rings. The summed E-state index contributed by atoms with van der Waals surface area (Å²) in [5.41, 5.74) is 8.71. The maximum absolute atomic E-state index is 12.5. The molecule has 1 amide bonds. The third kappa shape index (κ3) is 4.28. The molecule has 3 N–H and O–H groups in total. The van der Waals surface area contributed by atoms with Crippen LogP contribution in [0.3, 0.4) is 0 Å². The van der Waals surface area contributed by atoms with Gasteiger partial charge in [-0.1, -0.05) is 38.1 Å². The van der Waals surface area contributed by atoms with Gasteiger partial charge in [0.05, 0.1) is 6.04 Å². The number of nitrogens with one attached hydrogen (secondary N) is 1. The minimum absolute atomic E-state index is 0.0156. The monoisotopic (exact) mass is 354 g/mol. The maximum Gasteiger partial charge on any atom is 0.220 e. The number of benzene rings is 2. The van der Waals surface area contributed by atoms with E-state index in [-0.39, 0.29) is 17.9 Å². The Balaban J connectivity index is 1.66. The predicted molar refractivity (Wildman–Crippen MR) is 102 cm³/mol. The quantitative estimate of drug-likeness (QED) is 0.779. The van der Waals surface area contributed by atoms with E-state index in [4.69, 9.17) is 15.2 Å². The summed E-state index contributed by atoms with van der Waals surface area (Å²) in [5.74, 6) is 1.77. The van der Waals surface area contributed by atoms with Gasteiger partial charge in [-0.25, -0.2) is 0 Å². The van der Waals surface area contributed by atoms with E-state index in [0.717, 1.165) is 28.3 Å². The van der Waals surface area contributed by atoms with Crippen LogP contribution in [-0.2, 0) is 11.2 Å². The number of anilines is 1. The molecule has 0 spiro atoms. The maximum atomic E-state index is 12.5. The van der Waals surface area contributed by atoms with E-state index in [0.29, 0.717) is 26.1 Å². The summed E-state index contributed by atoms with van der Waals surface area (Å²) in [7, 11) is 0. The highest BCUT2D eigenvalue weighted by Crippen LogP contribution is 2.34. The number of rotatable bonds is 6. The van der Waals surface area contributed by atoms with Gasteiger partial charge in [-0.05, 0) is 41.7 Å². The summed E-state index contributed by atoms with van der Waals surface area (Å²) < 4.78 is 11.2. The number of ether oxygens (including phenoxy) is 2. The van der Waals surface area contributed by atoms with Gasteiger partial charge in [0.25, 0.3) is 0 Å². The number of nitrogen functional groups attached to an aromatic ring is 1. The molecule has 1 heterocycles. The number of carbonyl (C=O) groups excluding carboxylic acids is 1. The molecule has 0 aliphatic carbocycles. The number of amides is 1. The molecule has 3 rings (SSSR count). The number of para-hydroxylation sites is 1. The number of aryl methyl sites for hydroxylation is 1. The molecule has 1 aliphatic rings. The minimum Gasteiger partial charge on any atom is -0.486 e. The second kappa shape index (κ2) is 8.13. The fourth-order valence-electron chi connectivity index (χ4n) is 3.14. The van der Waals surface area contributed by atoms with E-state index in [9.17, 15) is 4.79 Å². The molecule has 5 nitrogen and oxygen atoms in total. The van der Waals surface area contributed by atoms with Crippen molar-refractivity contribution in [3.05, 3.63) is 53.6 Å². The summed E-state index contributed by atoms with van der Waals surface area (Å²) in [4.78, 5) is 12.5. The highest BCUT2D eigenvalue weighted by atomic mass is 16.6. The van der Waals surface area contributed by atoms with Crippen molar-refractivity contribution in [1.29, 1.82) is 0 Å². The van der Waals surface area contributed by atoms with Gasteiger partial charge in [0.1, 0.15) is 13.2 Å². The van der Waals surface area contributed by atoms with Crippen LogP contribution in [0.5, 0.6) is 11.5 Å². The standard InChI is InChI=1S/C21H26N2O3/c1-14(2)21(16-7-9-18-19(13-16)26-12-11-25-18)23-20(24)10-8-15-5-3-4-6-17(15)22/h3-7,9,13-14,21H,8,10-12,22H2,1-2H3,(H,23,24). The number of carbonyl (C=O) groups is 1. The van der Waals surface area contributed by atoms with E-state index in [1.165, 1.54) is 0 Å². The molecule has 2 aromatic carbocycles. The van der Waals surface area contributed by atoms with Crippen molar-refractivity contribution in [3.63, 3.8) is 0 Å². The van der Waals surface area contributed by atoms with E-state index in [1.807, 2.05) is 42.5 Å². The van der Waals surface area contributed by atoms with Gasteiger partial charge in [-0.3, -0.25) is 4.79 Å². The van der Waals surface area contributed by atoms with Crippen LogP contribution in [-0.4, -0.2) is 19.1 Å². The number of hydrogen-bond donors (Lipinski definition) is 2. The Morgan fingerprint density at radius 3 is 2.58 bits per heavy atom. The van der Waals surface area contributed by atoms with Crippen molar-refractivity contribution in [2.45, 2.75) is 32.7 Å². The van der Waals surface area contributed by atoms with Crippen molar-refractivity contribution in [3.8, 4) is 11.5 Å². The summed E-state index contributed by atoms with van der Waals surface area (Å²) >= 11 is 0. The molecule has 1 unspecified atom stereocenters. The molecule has 5 heteroatoms. The lowest BCUT2D eigenvalue weighted by Crippen LogP contribution is -2.32. The zero-order valence-electron chi connectivity index (χ0n) is 15.3. The average Bonchev–Trinajstić information content (AvgIpc) is 2.65. The fraction of sp³-hybridized carbons (Fsp3) is 0.381. The Morgan fingerprint density at radius 2 is 1.85 bits per heavy atom. The van der Waals surface area contributed by atoms with E-state index >= 15 is 0 Å². The van der Waals surface area contributed by atoms with Crippen LogP contribution in [0.15, 0.2) is 42.5 Å². The summed E-state index contributed by atoms with van der Waals surface area (Å²) in [5, 5.41) is 3.15. The Kier molecular flexibility index (Phi) is 5.66. The first-order valence-corrected chi connectivity index (χ1v) is 9.07. The zero-order chi connectivity index (χ0) is 18.5. The first kappa shape index (κ1) is 18.1. The topological polar surface area (TPSA) is 73.6 Å². The van der Waals surface area contributed by atoms with Gasteiger partial charge in [0.2, 0.25) is 5.91 Å². The Morgan fingerprint density at radius 1 is 1.12 bits per heavy atom. The lowest BCUT2D eigenvalue weighted by Gasteiger charge is -2.25. The molecular formula is C21H26N2O3. The highest BCUT2D eigenvalue weighted by Gasteiger charge is 2.21. The molecular weight excluding hydrogens is 328 g/mol. The largest absolute Gasteiger partial charge is 0.486 e. The smallest absolute Gasteiger partial charge is 0.220 e. The number of nitrogens with two attached hydrogens (primary N) is 1. The summed E-state index contributed by atoms with van der Waals surface area (Å²) in [6.45, 7) is 5.31. The van der Waals surface area contributed by atoms with Crippen LogP contribution < -0.4 is 20.5 Å². The second-order valence-electron chi connectivity index (χ2n) is 6.89. The molecule has 1 aliphatic heterocycles. The van der Waals surface area contributed by atoms with Crippen molar-refractivity contribution in [2.75, 3.05) is 18.9 Å². The van der Waals surface area contributed by atoms with Crippen LogP contribution in [0.4, 0.5) is 5.69 Å². The first-order valence-electron chi connectivity index (χ1n) is 9.07. The van der Waals surface area contributed by atoms with Gasteiger partial charge in [0.15, 0.2) is 11.5 Å². The molecule has 1 atom stereocenters. The Bertz CT molecular complexity index is 774. The second-order valence-corrected chi connectivity index (χ2v) is 6.89.